The summed E-state index contributed by atoms with van der Waals surface area (Å²) in [7, 11) is 0. The summed E-state index contributed by atoms with van der Waals surface area (Å²) in [6.45, 7) is 10.8. The van der Waals surface area contributed by atoms with Gasteiger partial charge >= 0.3 is 5.97 Å². The van der Waals surface area contributed by atoms with Crippen LogP contribution in [-0.4, -0.2) is 18.4 Å². The van der Waals surface area contributed by atoms with Gasteiger partial charge in [0.05, 0.1) is 6.61 Å². The molecule has 0 heterocycles. The zero-order valence-electron chi connectivity index (χ0n) is 13.7. The monoisotopic (exact) mass is 282 g/mol. The molecule has 0 aromatic heterocycles. The molecule has 0 aliphatic heterocycles. The summed E-state index contributed by atoms with van der Waals surface area (Å²) < 4.78 is 5.02. The molecule has 0 aromatic rings. The van der Waals surface area contributed by atoms with Crippen molar-refractivity contribution in [1.29, 1.82) is 0 Å². The standard InChI is InChI=1S/C17H30O3/c1-6-14(16(19)20-7-2)15(18)12-8-10-13(11-9-12)17(3,4)5/h12-14H,6-11H2,1-5H3. The first-order valence-corrected chi connectivity index (χ1v) is 8.01. The number of rotatable bonds is 5. The van der Waals surface area contributed by atoms with Crippen LogP contribution >= 0.6 is 0 Å². The first kappa shape index (κ1) is 17.2. The molecule has 0 radical (unpaired) electrons. The second-order valence-electron chi connectivity index (χ2n) is 7.03. The lowest BCUT2D eigenvalue weighted by atomic mass is 9.68. The van der Waals surface area contributed by atoms with Gasteiger partial charge in [-0.1, -0.05) is 27.7 Å². The maximum absolute atomic E-state index is 12.5. The Balaban J connectivity index is 2.59. The molecule has 1 atom stereocenters. The van der Waals surface area contributed by atoms with E-state index in [2.05, 4.69) is 20.8 Å². The van der Waals surface area contributed by atoms with Gasteiger partial charge in [-0.3, -0.25) is 9.59 Å². The highest BCUT2D eigenvalue weighted by atomic mass is 16.5. The van der Waals surface area contributed by atoms with Gasteiger partial charge in [0.15, 0.2) is 0 Å². The van der Waals surface area contributed by atoms with Crippen LogP contribution in [0, 0.1) is 23.2 Å². The van der Waals surface area contributed by atoms with E-state index in [0.29, 0.717) is 24.4 Å². The van der Waals surface area contributed by atoms with Gasteiger partial charge in [-0.2, -0.15) is 0 Å². The Morgan fingerprint density at radius 2 is 1.65 bits per heavy atom. The van der Waals surface area contributed by atoms with Crippen LogP contribution in [0.5, 0.6) is 0 Å². The van der Waals surface area contributed by atoms with Crippen LogP contribution in [0.1, 0.15) is 66.7 Å². The van der Waals surface area contributed by atoms with Crippen LogP contribution in [0.3, 0.4) is 0 Å². The highest BCUT2D eigenvalue weighted by Crippen LogP contribution is 2.40. The SMILES string of the molecule is CCOC(=O)C(CC)C(=O)C1CCC(C(C)(C)C)CC1. The second-order valence-corrected chi connectivity index (χ2v) is 7.03. The molecular formula is C17H30O3. The highest BCUT2D eigenvalue weighted by Gasteiger charge is 2.36. The average molecular weight is 282 g/mol. The minimum Gasteiger partial charge on any atom is -0.465 e. The molecule has 0 saturated heterocycles. The minimum absolute atomic E-state index is 0.0583. The van der Waals surface area contributed by atoms with Gasteiger partial charge in [-0.25, -0.2) is 0 Å². The molecular weight excluding hydrogens is 252 g/mol. The van der Waals surface area contributed by atoms with E-state index in [9.17, 15) is 9.59 Å². The van der Waals surface area contributed by atoms with E-state index in [-0.39, 0.29) is 17.7 Å². The molecule has 0 amide bonds. The summed E-state index contributed by atoms with van der Waals surface area (Å²) in [6, 6.07) is 0. The van der Waals surface area contributed by atoms with E-state index < -0.39 is 5.92 Å². The zero-order chi connectivity index (χ0) is 15.3. The lowest BCUT2D eigenvalue weighted by Gasteiger charge is -2.37. The Bertz CT molecular complexity index is 333. The van der Waals surface area contributed by atoms with Crippen LogP contribution in [0.2, 0.25) is 0 Å². The van der Waals surface area contributed by atoms with Crippen LogP contribution in [-0.2, 0) is 14.3 Å². The van der Waals surface area contributed by atoms with Crippen LogP contribution in [0.25, 0.3) is 0 Å². The number of Topliss-reactive ketones (excluding diaryl/α,β-unsaturated/α-hetero) is 1. The summed E-state index contributed by atoms with van der Waals surface area (Å²) in [6.07, 6.45) is 4.60. The number of esters is 1. The molecule has 1 aliphatic carbocycles. The first-order chi connectivity index (χ1) is 9.31. The molecule has 3 nitrogen and oxygen atoms in total. The van der Waals surface area contributed by atoms with Crippen molar-refractivity contribution in [2.75, 3.05) is 6.61 Å². The Kier molecular flexibility index (Phi) is 6.22. The van der Waals surface area contributed by atoms with E-state index in [4.69, 9.17) is 4.74 Å². The Hall–Kier alpha value is -0.860. The van der Waals surface area contributed by atoms with E-state index in [1.54, 1.807) is 6.92 Å². The maximum Gasteiger partial charge on any atom is 0.316 e. The van der Waals surface area contributed by atoms with Crippen molar-refractivity contribution < 1.29 is 14.3 Å². The molecule has 0 aromatic carbocycles. The fourth-order valence-corrected chi connectivity index (χ4v) is 3.26. The normalized spacial score (nSPS) is 25.1. The van der Waals surface area contributed by atoms with Gasteiger partial charge in [-0.15, -0.1) is 0 Å². The van der Waals surface area contributed by atoms with Gasteiger partial charge in [0.2, 0.25) is 0 Å². The van der Waals surface area contributed by atoms with Crippen LogP contribution in [0.4, 0.5) is 0 Å². The molecule has 0 N–H and O–H groups in total. The number of carbonyl (C=O) groups excluding carboxylic acids is 2. The molecule has 1 unspecified atom stereocenters. The molecule has 1 fully saturated rings. The second kappa shape index (κ2) is 7.24. The fourth-order valence-electron chi connectivity index (χ4n) is 3.26. The van der Waals surface area contributed by atoms with Crippen molar-refractivity contribution in [3.05, 3.63) is 0 Å². The molecule has 3 heteroatoms. The topological polar surface area (TPSA) is 43.4 Å². The molecule has 20 heavy (non-hydrogen) atoms. The first-order valence-electron chi connectivity index (χ1n) is 8.01. The van der Waals surface area contributed by atoms with Crippen molar-refractivity contribution in [3.8, 4) is 0 Å². The third-order valence-corrected chi connectivity index (χ3v) is 4.68. The Morgan fingerprint density at radius 3 is 2.05 bits per heavy atom. The van der Waals surface area contributed by atoms with Gasteiger partial charge in [0.25, 0.3) is 0 Å². The van der Waals surface area contributed by atoms with E-state index in [1.165, 1.54) is 0 Å². The predicted octanol–water partition coefficient (Wildman–Crippen LogP) is 4.00. The molecule has 1 rings (SSSR count). The lowest BCUT2D eigenvalue weighted by molar-refractivity contribution is -0.153. The quantitative estimate of drug-likeness (QED) is 0.565. The summed E-state index contributed by atoms with van der Waals surface area (Å²) in [4.78, 5) is 24.3. The van der Waals surface area contributed by atoms with Crippen molar-refractivity contribution in [2.45, 2.75) is 66.7 Å². The van der Waals surface area contributed by atoms with Gasteiger partial charge in [0, 0.05) is 5.92 Å². The largest absolute Gasteiger partial charge is 0.465 e. The van der Waals surface area contributed by atoms with E-state index >= 15 is 0 Å². The molecule has 0 bridgehead atoms. The third-order valence-electron chi connectivity index (χ3n) is 4.68. The van der Waals surface area contributed by atoms with Gasteiger partial charge in [0.1, 0.15) is 11.7 Å². The third kappa shape index (κ3) is 4.32. The number of carbonyl (C=O) groups is 2. The molecule has 116 valence electrons. The number of hydrogen-bond donors (Lipinski definition) is 0. The summed E-state index contributed by atoms with van der Waals surface area (Å²) in [5, 5.41) is 0. The van der Waals surface area contributed by atoms with E-state index in [0.717, 1.165) is 25.7 Å². The summed E-state index contributed by atoms with van der Waals surface area (Å²) in [5.74, 6) is -0.0282. The van der Waals surface area contributed by atoms with Crippen molar-refractivity contribution in [2.24, 2.45) is 23.2 Å². The van der Waals surface area contributed by atoms with Crippen molar-refractivity contribution in [3.63, 3.8) is 0 Å². The number of ether oxygens (including phenoxy) is 1. The summed E-state index contributed by atoms with van der Waals surface area (Å²) >= 11 is 0. The fraction of sp³-hybridized carbons (Fsp3) is 0.882. The van der Waals surface area contributed by atoms with Crippen molar-refractivity contribution >= 4 is 11.8 Å². The van der Waals surface area contributed by atoms with Crippen LogP contribution in [0.15, 0.2) is 0 Å². The molecule has 0 spiro atoms. The lowest BCUT2D eigenvalue weighted by Crippen LogP contribution is -2.35. The summed E-state index contributed by atoms with van der Waals surface area (Å²) in [5.41, 5.74) is 0.319. The minimum atomic E-state index is -0.550. The highest BCUT2D eigenvalue weighted by molar-refractivity contribution is 6.00. The average Bonchev–Trinajstić information content (AvgIpc) is 2.39. The Morgan fingerprint density at radius 1 is 1.10 bits per heavy atom. The maximum atomic E-state index is 12.5. The van der Waals surface area contributed by atoms with Gasteiger partial charge in [-0.05, 0) is 50.4 Å². The number of ketones is 1. The number of hydrogen-bond acceptors (Lipinski definition) is 3. The van der Waals surface area contributed by atoms with Gasteiger partial charge < -0.3 is 4.74 Å². The Labute approximate surface area is 123 Å². The zero-order valence-corrected chi connectivity index (χ0v) is 13.7. The van der Waals surface area contributed by atoms with E-state index in [1.807, 2.05) is 6.92 Å². The molecule has 1 saturated carbocycles. The smallest absolute Gasteiger partial charge is 0.316 e. The van der Waals surface area contributed by atoms with Crippen molar-refractivity contribution in [1.82, 2.24) is 0 Å². The predicted molar refractivity (Wildman–Crippen MR) is 80.3 cm³/mol. The van der Waals surface area contributed by atoms with Crippen LogP contribution < -0.4 is 0 Å². The molecule has 1 aliphatic rings.